The highest BCUT2D eigenvalue weighted by molar-refractivity contribution is 5.90. The maximum Gasteiger partial charge on any atom is 0.341 e. The van der Waals surface area contributed by atoms with E-state index in [0.717, 1.165) is 36.2 Å². The molecule has 0 N–H and O–H groups in total. The molecule has 0 aromatic carbocycles. The van der Waals surface area contributed by atoms with Gasteiger partial charge in [0.15, 0.2) is 0 Å². The van der Waals surface area contributed by atoms with Crippen LogP contribution in [0, 0.1) is 11.8 Å². The summed E-state index contributed by atoms with van der Waals surface area (Å²) in [7, 11) is 0. The molecular weight excluding hydrogens is 264 g/mol. The highest BCUT2D eigenvalue weighted by Gasteiger charge is 2.41. The van der Waals surface area contributed by atoms with Gasteiger partial charge < -0.3 is 4.74 Å². The summed E-state index contributed by atoms with van der Waals surface area (Å²) in [4.78, 5) is 21.3. The van der Waals surface area contributed by atoms with Crippen LogP contribution >= 0.6 is 0 Å². The second-order valence-corrected chi connectivity index (χ2v) is 6.34. The van der Waals surface area contributed by atoms with Crippen LogP contribution in [0.1, 0.15) is 73.7 Å². The van der Waals surface area contributed by atoms with E-state index in [0.29, 0.717) is 18.1 Å². The summed E-state index contributed by atoms with van der Waals surface area (Å²) < 4.78 is 5.11. The Bertz CT molecular complexity index is 530. The molecule has 1 aromatic rings. The molecule has 2 bridgehead atoms. The third-order valence-electron chi connectivity index (χ3n) is 4.94. The average Bonchev–Trinajstić information content (AvgIpc) is 3.10. The summed E-state index contributed by atoms with van der Waals surface area (Å²) >= 11 is 0. The van der Waals surface area contributed by atoms with Gasteiger partial charge in [-0.1, -0.05) is 19.8 Å². The Morgan fingerprint density at radius 1 is 1.33 bits per heavy atom. The van der Waals surface area contributed by atoms with Gasteiger partial charge in [-0.25, -0.2) is 14.8 Å². The molecule has 2 saturated carbocycles. The van der Waals surface area contributed by atoms with Gasteiger partial charge in [-0.3, -0.25) is 0 Å². The molecule has 21 heavy (non-hydrogen) atoms. The maximum atomic E-state index is 12.0. The van der Waals surface area contributed by atoms with Crippen molar-refractivity contribution in [1.29, 1.82) is 0 Å². The number of rotatable bonds is 5. The van der Waals surface area contributed by atoms with Crippen molar-refractivity contribution < 1.29 is 9.53 Å². The fraction of sp³-hybridized carbons (Fsp3) is 0.706. The highest BCUT2D eigenvalue weighted by Crippen LogP contribution is 2.52. The minimum atomic E-state index is -0.291. The zero-order chi connectivity index (χ0) is 14.8. The molecule has 0 aliphatic heterocycles. The third-order valence-corrected chi connectivity index (χ3v) is 4.94. The van der Waals surface area contributed by atoms with E-state index in [-0.39, 0.29) is 5.97 Å². The lowest BCUT2D eigenvalue weighted by Gasteiger charge is -2.21. The van der Waals surface area contributed by atoms with Crippen LogP contribution in [0.4, 0.5) is 0 Å². The molecule has 1 heterocycles. The van der Waals surface area contributed by atoms with Crippen molar-refractivity contribution in [3.63, 3.8) is 0 Å². The first-order chi connectivity index (χ1) is 10.2. The molecule has 2 aliphatic carbocycles. The molecule has 2 fully saturated rings. The van der Waals surface area contributed by atoms with Crippen molar-refractivity contribution in [2.24, 2.45) is 11.8 Å². The molecule has 1 aromatic heterocycles. The Balaban J connectivity index is 1.86. The Morgan fingerprint density at radius 2 is 2.19 bits per heavy atom. The fourth-order valence-corrected chi connectivity index (χ4v) is 3.98. The van der Waals surface area contributed by atoms with Gasteiger partial charge in [0.25, 0.3) is 0 Å². The zero-order valence-electron chi connectivity index (χ0n) is 13.0. The van der Waals surface area contributed by atoms with Crippen molar-refractivity contribution in [1.82, 2.24) is 9.97 Å². The van der Waals surface area contributed by atoms with Gasteiger partial charge in [-0.05, 0) is 44.4 Å². The Morgan fingerprint density at radius 3 is 2.81 bits per heavy atom. The highest BCUT2D eigenvalue weighted by atomic mass is 16.5. The van der Waals surface area contributed by atoms with E-state index in [9.17, 15) is 4.79 Å². The van der Waals surface area contributed by atoms with E-state index in [1.54, 1.807) is 6.20 Å². The van der Waals surface area contributed by atoms with Crippen LogP contribution in [-0.4, -0.2) is 22.5 Å². The summed E-state index contributed by atoms with van der Waals surface area (Å²) in [6, 6.07) is 0. The molecule has 3 atom stereocenters. The Kier molecular flexibility index (Phi) is 4.22. The molecule has 2 aliphatic rings. The van der Waals surface area contributed by atoms with Crippen molar-refractivity contribution in [3.8, 4) is 0 Å². The number of nitrogens with zero attached hydrogens (tertiary/aromatic N) is 2. The number of fused-ring (bicyclic) bond motifs is 2. The summed E-state index contributed by atoms with van der Waals surface area (Å²) in [5.74, 6) is 2.82. The first-order valence-electron chi connectivity index (χ1n) is 8.25. The normalized spacial score (nSPS) is 27.0. The number of carbonyl (C=O) groups is 1. The molecule has 4 heteroatoms. The monoisotopic (exact) mass is 288 g/mol. The van der Waals surface area contributed by atoms with Gasteiger partial charge in [-0.15, -0.1) is 0 Å². The summed E-state index contributed by atoms with van der Waals surface area (Å²) in [6.45, 7) is 4.31. The van der Waals surface area contributed by atoms with Crippen LogP contribution in [0.3, 0.4) is 0 Å². The number of ether oxygens (including phenoxy) is 1. The number of esters is 1. The Hall–Kier alpha value is -1.45. The average molecular weight is 288 g/mol. The number of hydrogen-bond donors (Lipinski definition) is 0. The van der Waals surface area contributed by atoms with Crippen LogP contribution in [-0.2, 0) is 11.2 Å². The van der Waals surface area contributed by atoms with Gasteiger partial charge >= 0.3 is 5.97 Å². The van der Waals surface area contributed by atoms with E-state index < -0.39 is 0 Å². The van der Waals surface area contributed by atoms with Gasteiger partial charge in [-0.2, -0.15) is 0 Å². The molecule has 0 spiro atoms. The quantitative estimate of drug-likeness (QED) is 0.778. The van der Waals surface area contributed by atoms with Crippen molar-refractivity contribution in [2.75, 3.05) is 6.61 Å². The standard InChI is InChI=1S/C17H24N2O2/c1-3-5-15-14(17(20)21-4-2)10-18-16(19-15)13-9-11-6-7-12(13)8-11/h10-13H,3-9H2,1-2H3. The van der Waals surface area contributed by atoms with Crippen LogP contribution in [0.15, 0.2) is 6.20 Å². The molecule has 3 unspecified atom stereocenters. The van der Waals surface area contributed by atoms with Crippen LogP contribution in [0.2, 0.25) is 0 Å². The van der Waals surface area contributed by atoms with Crippen LogP contribution in [0.5, 0.6) is 0 Å². The van der Waals surface area contributed by atoms with Crippen molar-refractivity contribution >= 4 is 5.97 Å². The topological polar surface area (TPSA) is 52.1 Å². The lowest BCUT2D eigenvalue weighted by atomic mass is 9.88. The summed E-state index contributed by atoms with van der Waals surface area (Å²) in [5, 5.41) is 0. The Labute approximate surface area is 126 Å². The molecule has 3 rings (SSSR count). The second kappa shape index (κ2) is 6.12. The second-order valence-electron chi connectivity index (χ2n) is 6.34. The molecule has 0 radical (unpaired) electrons. The smallest absolute Gasteiger partial charge is 0.341 e. The summed E-state index contributed by atoms with van der Waals surface area (Å²) in [6.07, 6.45) is 8.75. The number of aryl methyl sites for hydroxylation is 1. The summed E-state index contributed by atoms with van der Waals surface area (Å²) in [5.41, 5.74) is 1.41. The third kappa shape index (κ3) is 2.81. The number of carbonyl (C=O) groups excluding carboxylic acids is 1. The van der Waals surface area contributed by atoms with E-state index in [1.165, 1.54) is 25.7 Å². The predicted octanol–water partition coefficient (Wildman–Crippen LogP) is 3.51. The van der Waals surface area contributed by atoms with Gasteiger partial charge in [0.2, 0.25) is 0 Å². The van der Waals surface area contributed by atoms with Gasteiger partial charge in [0.05, 0.1) is 17.9 Å². The molecular formula is C17H24N2O2. The lowest BCUT2D eigenvalue weighted by Crippen LogP contribution is -2.16. The minimum absolute atomic E-state index is 0.291. The molecule has 4 nitrogen and oxygen atoms in total. The first-order valence-corrected chi connectivity index (χ1v) is 8.25. The van der Waals surface area contributed by atoms with E-state index in [4.69, 9.17) is 9.72 Å². The number of hydrogen-bond acceptors (Lipinski definition) is 4. The van der Waals surface area contributed by atoms with Crippen molar-refractivity contribution in [2.45, 2.75) is 58.3 Å². The van der Waals surface area contributed by atoms with Gasteiger partial charge in [0.1, 0.15) is 5.82 Å². The lowest BCUT2D eigenvalue weighted by molar-refractivity contribution is 0.0523. The molecule has 0 amide bonds. The predicted molar refractivity (Wildman–Crippen MR) is 80.2 cm³/mol. The van der Waals surface area contributed by atoms with E-state index in [2.05, 4.69) is 11.9 Å². The molecule has 0 saturated heterocycles. The SMILES string of the molecule is CCCc1nc(C2CC3CCC2C3)ncc1C(=O)OCC. The van der Waals surface area contributed by atoms with Crippen LogP contribution < -0.4 is 0 Å². The first kappa shape index (κ1) is 14.5. The van der Waals surface area contributed by atoms with E-state index >= 15 is 0 Å². The number of aromatic nitrogens is 2. The minimum Gasteiger partial charge on any atom is -0.462 e. The maximum absolute atomic E-state index is 12.0. The van der Waals surface area contributed by atoms with Crippen molar-refractivity contribution in [3.05, 3.63) is 23.3 Å². The molecule has 114 valence electrons. The van der Waals surface area contributed by atoms with Crippen LogP contribution in [0.25, 0.3) is 0 Å². The fourth-order valence-electron chi connectivity index (χ4n) is 3.98. The van der Waals surface area contributed by atoms with Gasteiger partial charge in [0, 0.05) is 12.1 Å². The van der Waals surface area contributed by atoms with E-state index in [1.807, 2.05) is 6.92 Å². The zero-order valence-corrected chi connectivity index (χ0v) is 13.0. The largest absolute Gasteiger partial charge is 0.462 e.